The molecule has 0 fully saturated rings. The van der Waals surface area contributed by atoms with Crippen molar-refractivity contribution in [3.8, 4) is 11.5 Å². The van der Waals surface area contributed by atoms with Crippen molar-refractivity contribution in [3.05, 3.63) is 48.5 Å². The van der Waals surface area contributed by atoms with E-state index >= 15 is 0 Å². The second-order valence-electron chi connectivity index (χ2n) is 4.97. The summed E-state index contributed by atoms with van der Waals surface area (Å²) in [7, 11) is 0. The SMILES string of the molecule is CCN(CC(=O)Nc1ccc2c(c1)OCO2)c1ccccc1. The summed E-state index contributed by atoms with van der Waals surface area (Å²) in [5, 5.41) is 2.89. The third-order valence-corrected chi connectivity index (χ3v) is 3.49. The molecule has 3 rings (SSSR count). The molecule has 22 heavy (non-hydrogen) atoms. The van der Waals surface area contributed by atoms with Crippen LogP contribution in [-0.2, 0) is 4.79 Å². The largest absolute Gasteiger partial charge is 0.454 e. The maximum Gasteiger partial charge on any atom is 0.243 e. The minimum absolute atomic E-state index is 0.0652. The summed E-state index contributed by atoms with van der Waals surface area (Å²) in [6.07, 6.45) is 0. The van der Waals surface area contributed by atoms with Crippen molar-refractivity contribution in [2.45, 2.75) is 6.92 Å². The minimum atomic E-state index is -0.0652. The number of carbonyl (C=O) groups excluding carboxylic acids is 1. The molecule has 0 bridgehead atoms. The van der Waals surface area contributed by atoms with E-state index in [1.807, 2.05) is 48.2 Å². The molecule has 114 valence electrons. The smallest absolute Gasteiger partial charge is 0.243 e. The number of amides is 1. The summed E-state index contributed by atoms with van der Waals surface area (Å²) in [6, 6.07) is 15.3. The molecule has 0 aromatic heterocycles. The lowest BCUT2D eigenvalue weighted by Crippen LogP contribution is -2.33. The molecule has 0 atom stereocenters. The lowest BCUT2D eigenvalue weighted by atomic mass is 10.2. The number of hydrogen-bond acceptors (Lipinski definition) is 4. The summed E-state index contributed by atoms with van der Waals surface area (Å²) in [6.45, 7) is 3.32. The highest BCUT2D eigenvalue weighted by molar-refractivity contribution is 5.94. The van der Waals surface area contributed by atoms with Crippen molar-refractivity contribution in [1.29, 1.82) is 0 Å². The summed E-state index contributed by atoms with van der Waals surface area (Å²) in [4.78, 5) is 14.2. The number of benzene rings is 2. The first-order chi connectivity index (χ1) is 10.8. The van der Waals surface area contributed by atoms with E-state index in [1.54, 1.807) is 12.1 Å². The van der Waals surface area contributed by atoms with Gasteiger partial charge in [0.25, 0.3) is 0 Å². The zero-order chi connectivity index (χ0) is 15.4. The number of anilines is 2. The average Bonchev–Trinajstić information content (AvgIpc) is 3.01. The second-order valence-corrected chi connectivity index (χ2v) is 4.97. The molecule has 5 nitrogen and oxygen atoms in total. The van der Waals surface area contributed by atoms with E-state index in [0.29, 0.717) is 23.7 Å². The molecule has 1 heterocycles. The van der Waals surface area contributed by atoms with Crippen molar-refractivity contribution in [2.24, 2.45) is 0 Å². The van der Waals surface area contributed by atoms with Crippen LogP contribution in [0.15, 0.2) is 48.5 Å². The maximum atomic E-state index is 12.2. The van der Waals surface area contributed by atoms with Gasteiger partial charge in [-0.05, 0) is 31.2 Å². The quantitative estimate of drug-likeness (QED) is 0.922. The van der Waals surface area contributed by atoms with Gasteiger partial charge in [0.05, 0.1) is 6.54 Å². The van der Waals surface area contributed by atoms with E-state index in [2.05, 4.69) is 5.32 Å². The van der Waals surface area contributed by atoms with Crippen LogP contribution in [0.5, 0.6) is 11.5 Å². The summed E-state index contributed by atoms with van der Waals surface area (Å²) < 4.78 is 10.6. The van der Waals surface area contributed by atoms with Crippen molar-refractivity contribution in [2.75, 3.05) is 30.1 Å². The summed E-state index contributed by atoms with van der Waals surface area (Å²) >= 11 is 0. The molecule has 1 amide bonds. The Balaban J connectivity index is 1.64. The molecule has 0 unspecified atom stereocenters. The first kappa shape index (κ1) is 14.3. The molecule has 0 radical (unpaired) electrons. The molecular weight excluding hydrogens is 280 g/mol. The van der Waals surface area contributed by atoms with Crippen LogP contribution >= 0.6 is 0 Å². The molecule has 1 aliphatic rings. The van der Waals surface area contributed by atoms with E-state index in [1.165, 1.54) is 0 Å². The van der Waals surface area contributed by atoms with Crippen molar-refractivity contribution < 1.29 is 14.3 Å². The van der Waals surface area contributed by atoms with Gasteiger partial charge in [0.15, 0.2) is 11.5 Å². The molecule has 1 aliphatic heterocycles. The van der Waals surface area contributed by atoms with Gasteiger partial charge in [-0.1, -0.05) is 18.2 Å². The van der Waals surface area contributed by atoms with E-state index < -0.39 is 0 Å². The van der Waals surface area contributed by atoms with Crippen LogP contribution in [0, 0.1) is 0 Å². The van der Waals surface area contributed by atoms with Gasteiger partial charge in [0, 0.05) is 24.0 Å². The van der Waals surface area contributed by atoms with Gasteiger partial charge in [-0.2, -0.15) is 0 Å². The average molecular weight is 298 g/mol. The molecule has 0 spiro atoms. The van der Waals surface area contributed by atoms with Crippen LogP contribution in [0.3, 0.4) is 0 Å². The number of rotatable bonds is 5. The highest BCUT2D eigenvalue weighted by Crippen LogP contribution is 2.34. The van der Waals surface area contributed by atoms with Gasteiger partial charge in [0.1, 0.15) is 0 Å². The summed E-state index contributed by atoms with van der Waals surface area (Å²) in [5.41, 5.74) is 1.74. The number of likely N-dealkylation sites (N-methyl/N-ethyl adjacent to an activating group) is 1. The Hall–Kier alpha value is -2.69. The number of hydrogen-bond donors (Lipinski definition) is 1. The number of nitrogens with one attached hydrogen (secondary N) is 1. The van der Waals surface area contributed by atoms with Crippen LogP contribution in [0.4, 0.5) is 11.4 Å². The zero-order valence-electron chi connectivity index (χ0n) is 12.4. The fraction of sp³-hybridized carbons (Fsp3) is 0.235. The Morgan fingerprint density at radius 1 is 1.14 bits per heavy atom. The van der Waals surface area contributed by atoms with Gasteiger partial charge < -0.3 is 19.7 Å². The van der Waals surface area contributed by atoms with E-state index in [0.717, 1.165) is 12.2 Å². The zero-order valence-corrected chi connectivity index (χ0v) is 12.4. The predicted octanol–water partition coefficient (Wildman–Crippen LogP) is 2.88. The van der Waals surface area contributed by atoms with Gasteiger partial charge in [-0.15, -0.1) is 0 Å². The summed E-state index contributed by atoms with van der Waals surface area (Å²) in [5.74, 6) is 1.30. The Kier molecular flexibility index (Phi) is 4.14. The van der Waals surface area contributed by atoms with Crippen LogP contribution in [0.1, 0.15) is 6.92 Å². The third kappa shape index (κ3) is 3.14. The molecule has 2 aromatic carbocycles. The number of nitrogens with zero attached hydrogens (tertiary/aromatic N) is 1. The standard InChI is InChI=1S/C17H18N2O3/c1-2-19(14-6-4-3-5-7-14)11-17(20)18-13-8-9-15-16(10-13)22-12-21-15/h3-10H,2,11-12H2,1H3,(H,18,20). The highest BCUT2D eigenvalue weighted by Gasteiger charge is 2.15. The highest BCUT2D eigenvalue weighted by atomic mass is 16.7. The van der Waals surface area contributed by atoms with Gasteiger partial charge >= 0.3 is 0 Å². The molecule has 0 saturated heterocycles. The molecular formula is C17H18N2O3. The first-order valence-electron chi connectivity index (χ1n) is 7.26. The molecule has 0 aliphatic carbocycles. The number of fused-ring (bicyclic) bond motifs is 1. The Bertz CT molecular complexity index is 658. The first-order valence-corrected chi connectivity index (χ1v) is 7.26. The Morgan fingerprint density at radius 3 is 2.68 bits per heavy atom. The number of carbonyl (C=O) groups is 1. The van der Waals surface area contributed by atoms with E-state index in [4.69, 9.17) is 9.47 Å². The number of ether oxygens (including phenoxy) is 2. The molecule has 5 heteroatoms. The Morgan fingerprint density at radius 2 is 1.91 bits per heavy atom. The fourth-order valence-corrected chi connectivity index (χ4v) is 2.37. The predicted molar refractivity (Wildman–Crippen MR) is 85.5 cm³/mol. The van der Waals surface area contributed by atoms with Gasteiger partial charge in [-0.25, -0.2) is 0 Å². The maximum absolute atomic E-state index is 12.2. The number of para-hydroxylation sites is 1. The van der Waals surface area contributed by atoms with Crippen molar-refractivity contribution in [3.63, 3.8) is 0 Å². The molecule has 0 saturated carbocycles. The third-order valence-electron chi connectivity index (χ3n) is 3.49. The van der Waals surface area contributed by atoms with Crippen LogP contribution in [0.2, 0.25) is 0 Å². The van der Waals surface area contributed by atoms with Crippen molar-refractivity contribution in [1.82, 2.24) is 0 Å². The van der Waals surface area contributed by atoms with Crippen LogP contribution in [-0.4, -0.2) is 25.8 Å². The second kappa shape index (κ2) is 6.39. The van der Waals surface area contributed by atoms with E-state index in [9.17, 15) is 4.79 Å². The van der Waals surface area contributed by atoms with Crippen LogP contribution in [0.25, 0.3) is 0 Å². The fourth-order valence-electron chi connectivity index (χ4n) is 2.37. The van der Waals surface area contributed by atoms with Crippen LogP contribution < -0.4 is 19.7 Å². The lowest BCUT2D eigenvalue weighted by molar-refractivity contribution is -0.115. The van der Waals surface area contributed by atoms with Crippen molar-refractivity contribution >= 4 is 17.3 Å². The topological polar surface area (TPSA) is 50.8 Å². The van der Waals surface area contributed by atoms with E-state index in [-0.39, 0.29) is 12.7 Å². The Labute approximate surface area is 129 Å². The monoisotopic (exact) mass is 298 g/mol. The van der Waals surface area contributed by atoms with Gasteiger partial charge in [0.2, 0.25) is 12.7 Å². The van der Waals surface area contributed by atoms with Gasteiger partial charge in [-0.3, -0.25) is 4.79 Å². The molecule has 2 aromatic rings. The minimum Gasteiger partial charge on any atom is -0.454 e. The normalized spacial score (nSPS) is 12.0. The molecule has 1 N–H and O–H groups in total. The lowest BCUT2D eigenvalue weighted by Gasteiger charge is -2.22.